The van der Waals surface area contributed by atoms with Gasteiger partial charge in [-0.05, 0) is 24.1 Å². The molecule has 2 aromatic rings. The van der Waals surface area contributed by atoms with E-state index >= 15 is 0 Å². The third-order valence-electron chi connectivity index (χ3n) is 2.97. The van der Waals surface area contributed by atoms with Crippen LogP contribution in [-0.2, 0) is 6.54 Å². The number of hydrazine groups is 1. The summed E-state index contributed by atoms with van der Waals surface area (Å²) in [6.45, 7) is 2.28. The minimum absolute atomic E-state index is 0.0958. The van der Waals surface area contributed by atoms with E-state index in [4.69, 9.17) is 5.84 Å². The standard InChI is InChI=1S/C14H15FN4O/c1-9-4-2-3-5-10(9)8-18-14(20)11-6-7-17-13(19-16)12(11)15/h2-7H,8,16H2,1H3,(H,17,19)(H,18,20). The van der Waals surface area contributed by atoms with Crippen LogP contribution < -0.4 is 16.6 Å². The first kappa shape index (κ1) is 14.0. The molecule has 0 aliphatic rings. The molecule has 0 bridgehead atoms. The minimum Gasteiger partial charge on any atom is -0.348 e. The second-order valence-electron chi connectivity index (χ2n) is 4.27. The Balaban J connectivity index is 2.12. The number of hydrogen-bond acceptors (Lipinski definition) is 4. The maximum Gasteiger partial charge on any atom is 0.254 e. The number of benzene rings is 1. The van der Waals surface area contributed by atoms with E-state index in [2.05, 4.69) is 15.7 Å². The summed E-state index contributed by atoms with van der Waals surface area (Å²) in [4.78, 5) is 15.7. The molecular weight excluding hydrogens is 259 g/mol. The third kappa shape index (κ3) is 2.92. The summed E-state index contributed by atoms with van der Waals surface area (Å²) in [6, 6.07) is 8.97. The van der Waals surface area contributed by atoms with Gasteiger partial charge in [0.15, 0.2) is 11.6 Å². The van der Waals surface area contributed by atoms with Crippen LogP contribution in [0.4, 0.5) is 10.2 Å². The van der Waals surface area contributed by atoms with E-state index in [9.17, 15) is 9.18 Å². The Hall–Kier alpha value is -2.47. The molecule has 0 aliphatic heterocycles. The van der Waals surface area contributed by atoms with Crippen molar-refractivity contribution in [3.8, 4) is 0 Å². The lowest BCUT2D eigenvalue weighted by molar-refractivity contribution is 0.0947. The molecule has 5 nitrogen and oxygen atoms in total. The van der Waals surface area contributed by atoms with Crippen molar-refractivity contribution in [1.29, 1.82) is 0 Å². The number of halogens is 1. The Kier molecular flexibility index (Phi) is 4.27. The predicted molar refractivity (Wildman–Crippen MR) is 74.4 cm³/mol. The zero-order valence-corrected chi connectivity index (χ0v) is 11.0. The summed E-state index contributed by atoms with van der Waals surface area (Å²) in [7, 11) is 0. The number of aromatic nitrogens is 1. The van der Waals surface area contributed by atoms with Crippen LogP contribution in [0, 0.1) is 12.7 Å². The summed E-state index contributed by atoms with van der Waals surface area (Å²) in [5.41, 5.74) is 4.05. The van der Waals surface area contributed by atoms with E-state index in [0.717, 1.165) is 11.1 Å². The summed E-state index contributed by atoms with van der Waals surface area (Å²) < 4.78 is 13.9. The van der Waals surface area contributed by atoms with Gasteiger partial charge >= 0.3 is 0 Å². The number of carbonyl (C=O) groups excluding carboxylic acids is 1. The molecule has 1 aromatic carbocycles. The zero-order chi connectivity index (χ0) is 14.5. The van der Waals surface area contributed by atoms with Crippen LogP contribution in [0.25, 0.3) is 0 Å². The average Bonchev–Trinajstić information content (AvgIpc) is 2.46. The van der Waals surface area contributed by atoms with E-state index < -0.39 is 11.7 Å². The quantitative estimate of drug-likeness (QED) is 0.586. The first-order chi connectivity index (χ1) is 9.63. The Labute approximate surface area is 116 Å². The van der Waals surface area contributed by atoms with Crippen molar-refractivity contribution in [2.75, 3.05) is 5.43 Å². The van der Waals surface area contributed by atoms with Crippen LogP contribution in [0.2, 0.25) is 0 Å². The van der Waals surface area contributed by atoms with E-state index in [0.29, 0.717) is 6.54 Å². The van der Waals surface area contributed by atoms with Gasteiger partial charge in [0.2, 0.25) is 0 Å². The molecular formula is C14H15FN4O. The highest BCUT2D eigenvalue weighted by atomic mass is 19.1. The monoisotopic (exact) mass is 274 g/mol. The number of carbonyl (C=O) groups is 1. The third-order valence-corrected chi connectivity index (χ3v) is 2.97. The van der Waals surface area contributed by atoms with E-state index in [-0.39, 0.29) is 11.4 Å². The summed E-state index contributed by atoms with van der Waals surface area (Å²) >= 11 is 0. The molecule has 1 aromatic heterocycles. The molecule has 0 spiro atoms. The van der Waals surface area contributed by atoms with Gasteiger partial charge in [0.05, 0.1) is 5.56 Å². The van der Waals surface area contributed by atoms with Gasteiger partial charge in [0.1, 0.15) is 0 Å². The minimum atomic E-state index is -0.766. The van der Waals surface area contributed by atoms with Crippen LogP contribution in [0.5, 0.6) is 0 Å². The maximum absolute atomic E-state index is 13.9. The number of nitrogens with one attached hydrogen (secondary N) is 2. The lowest BCUT2D eigenvalue weighted by atomic mass is 10.1. The molecule has 2 rings (SSSR count). The number of anilines is 1. The number of rotatable bonds is 4. The molecule has 20 heavy (non-hydrogen) atoms. The van der Waals surface area contributed by atoms with Gasteiger partial charge in [-0.25, -0.2) is 15.2 Å². The normalized spacial score (nSPS) is 10.2. The van der Waals surface area contributed by atoms with E-state index in [1.807, 2.05) is 31.2 Å². The lowest BCUT2D eigenvalue weighted by Crippen LogP contribution is -2.25. The topological polar surface area (TPSA) is 80.0 Å². The van der Waals surface area contributed by atoms with Crippen molar-refractivity contribution in [2.45, 2.75) is 13.5 Å². The van der Waals surface area contributed by atoms with Crippen LogP contribution in [-0.4, -0.2) is 10.9 Å². The lowest BCUT2D eigenvalue weighted by Gasteiger charge is -2.09. The van der Waals surface area contributed by atoms with Gasteiger partial charge in [-0.3, -0.25) is 4.79 Å². The van der Waals surface area contributed by atoms with Crippen molar-refractivity contribution >= 4 is 11.7 Å². The predicted octanol–water partition coefficient (Wildman–Crippen LogP) is 1.74. The second kappa shape index (κ2) is 6.12. The molecule has 1 amide bonds. The van der Waals surface area contributed by atoms with Gasteiger partial charge in [-0.1, -0.05) is 24.3 Å². The second-order valence-corrected chi connectivity index (χ2v) is 4.27. The largest absolute Gasteiger partial charge is 0.348 e. The van der Waals surface area contributed by atoms with Gasteiger partial charge < -0.3 is 10.7 Å². The fourth-order valence-electron chi connectivity index (χ4n) is 1.80. The molecule has 0 aliphatic carbocycles. The zero-order valence-electron chi connectivity index (χ0n) is 11.0. The van der Waals surface area contributed by atoms with Crippen LogP contribution in [0.3, 0.4) is 0 Å². The number of aryl methyl sites for hydroxylation is 1. The van der Waals surface area contributed by atoms with Crippen LogP contribution >= 0.6 is 0 Å². The number of nitrogen functional groups attached to an aromatic ring is 1. The maximum atomic E-state index is 13.9. The molecule has 0 saturated heterocycles. The van der Waals surface area contributed by atoms with E-state index in [1.165, 1.54) is 12.3 Å². The van der Waals surface area contributed by atoms with E-state index in [1.54, 1.807) is 0 Å². The van der Waals surface area contributed by atoms with Gasteiger partial charge in [0.25, 0.3) is 5.91 Å². The number of pyridine rings is 1. The number of nitrogens with zero attached hydrogens (tertiary/aromatic N) is 1. The van der Waals surface area contributed by atoms with Crippen LogP contribution in [0.15, 0.2) is 36.5 Å². The molecule has 4 N–H and O–H groups in total. The summed E-state index contributed by atoms with van der Waals surface area (Å²) in [5.74, 6) is 3.69. The van der Waals surface area contributed by atoms with Crippen molar-refractivity contribution < 1.29 is 9.18 Å². The highest BCUT2D eigenvalue weighted by Crippen LogP contribution is 2.14. The van der Waals surface area contributed by atoms with Crippen molar-refractivity contribution in [3.63, 3.8) is 0 Å². The van der Waals surface area contributed by atoms with Gasteiger partial charge in [-0.15, -0.1) is 0 Å². The fourth-order valence-corrected chi connectivity index (χ4v) is 1.80. The Morgan fingerprint density at radius 1 is 1.35 bits per heavy atom. The fraction of sp³-hybridized carbons (Fsp3) is 0.143. The summed E-state index contributed by atoms with van der Waals surface area (Å²) in [6.07, 6.45) is 1.32. The van der Waals surface area contributed by atoms with Gasteiger partial charge in [0, 0.05) is 12.7 Å². The molecule has 0 saturated carbocycles. The van der Waals surface area contributed by atoms with Crippen molar-refractivity contribution in [2.24, 2.45) is 5.84 Å². The highest BCUT2D eigenvalue weighted by molar-refractivity contribution is 5.95. The first-order valence-electron chi connectivity index (χ1n) is 6.07. The highest BCUT2D eigenvalue weighted by Gasteiger charge is 2.15. The Morgan fingerprint density at radius 2 is 2.10 bits per heavy atom. The molecule has 0 unspecified atom stereocenters. The molecule has 104 valence electrons. The number of amides is 1. The summed E-state index contributed by atoms with van der Waals surface area (Å²) in [5, 5.41) is 2.67. The van der Waals surface area contributed by atoms with Crippen molar-refractivity contribution in [1.82, 2.24) is 10.3 Å². The first-order valence-corrected chi connectivity index (χ1v) is 6.07. The molecule has 1 heterocycles. The number of nitrogens with two attached hydrogens (primary N) is 1. The number of hydrogen-bond donors (Lipinski definition) is 3. The molecule has 0 radical (unpaired) electrons. The Morgan fingerprint density at radius 3 is 2.80 bits per heavy atom. The Bertz CT molecular complexity index is 630. The smallest absolute Gasteiger partial charge is 0.254 e. The van der Waals surface area contributed by atoms with Crippen LogP contribution in [0.1, 0.15) is 21.5 Å². The molecule has 0 atom stereocenters. The molecule has 6 heteroatoms. The average molecular weight is 274 g/mol. The SMILES string of the molecule is Cc1ccccc1CNC(=O)c1ccnc(NN)c1F. The molecule has 0 fully saturated rings. The van der Waals surface area contributed by atoms with Gasteiger partial charge in [-0.2, -0.15) is 0 Å². The van der Waals surface area contributed by atoms with Crippen molar-refractivity contribution in [3.05, 3.63) is 59.0 Å².